The Hall–Kier alpha value is -1.79. The molecular weight excluding hydrogens is 921 g/mol. The summed E-state index contributed by atoms with van der Waals surface area (Å²) < 4.78 is 34.4. The SMILES string of the molecule is CC/C=C\C/C=C\C/C=C\CCCCCCCC(=O)OC(COCCCCCCCCCCCCCCCCCCCCCCCCC)COC1OC(COC2OC(CO)C(O)C(O)C2O)C(O)C(O)C1O. The van der Waals surface area contributed by atoms with E-state index < -0.39 is 80.7 Å². The van der Waals surface area contributed by atoms with Gasteiger partial charge in [0.25, 0.3) is 0 Å². The molecule has 422 valence electrons. The lowest BCUT2D eigenvalue weighted by Crippen LogP contribution is -2.61. The number of hydrogen-bond acceptors (Lipinski definition) is 14. The zero-order valence-corrected chi connectivity index (χ0v) is 45.2. The van der Waals surface area contributed by atoms with Crippen molar-refractivity contribution >= 4 is 5.97 Å². The molecule has 2 heterocycles. The number of aliphatic hydroxyl groups is 7. The van der Waals surface area contributed by atoms with E-state index in [9.17, 15) is 40.5 Å². The topological polar surface area (TPSA) is 214 Å². The average Bonchev–Trinajstić information content (AvgIpc) is 3.38. The van der Waals surface area contributed by atoms with Gasteiger partial charge >= 0.3 is 5.97 Å². The van der Waals surface area contributed by atoms with Gasteiger partial charge in [-0.1, -0.05) is 211 Å². The Kier molecular flexibility index (Phi) is 41.8. The normalized spacial score (nSPS) is 25.3. The van der Waals surface area contributed by atoms with Gasteiger partial charge in [-0.3, -0.25) is 4.79 Å². The van der Waals surface area contributed by atoms with Crippen LogP contribution in [0.3, 0.4) is 0 Å². The van der Waals surface area contributed by atoms with E-state index in [1.165, 1.54) is 128 Å². The molecule has 0 saturated carbocycles. The maximum atomic E-state index is 13.0. The minimum absolute atomic E-state index is 0.0574. The van der Waals surface area contributed by atoms with E-state index in [-0.39, 0.29) is 25.6 Å². The van der Waals surface area contributed by atoms with Crippen molar-refractivity contribution in [1.29, 1.82) is 0 Å². The molecule has 14 nitrogen and oxygen atoms in total. The molecule has 11 atom stereocenters. The number of esters is 1. The molecule has 72 heavy (non-hydrogen) atoms. The number of allylic oxidation sites excluding steroid dienone is 6. The molecule has 0 spiro atoms. The van der Waals surface area contributed by atoms with Gasteiger partial charge < -0.3 is 64.2 Å². The van der Waals surface area contributed by atoms with Gasteiger partial charge in [0.1, 0.15) is 54.9 Å². The van der Waals surface area contributed by atoms with Gasteiger partial charge in [0, 0.05) is 13.0 Å². The van der Waals surface area contributed by atoms with Crippen molar-refractivity contribution in [2.24, 2.45) is 0 Å². The first-order valence-corrected chi connectivity index (χ1v) is 29.1. The zero-order valence-electron chi connectivity index (χ0n) is 45.2. The van der Waals surface area contributed by atoms with E-state index in [0.717, 1.165) is 70.6 Å². The molecule has 2 fully saturated rings. The van der Waals surface area contributed by atoms with Crippen LogP contribution in [0.1, 0.15) is 226 Å². The number of carbonyl (C=O) groups excluding carboxylic acids is 1. The van der Waals surface area contributed by atoms with Crippen LogP contribution in [0.5, 0.6) is 0 Å². The molecule has 0 aromatic heterocycles. The molecule has 0 radical (unpaired) electrons. The first kappa shape index (κ1) is 66.3. The zero-order chi connectivity index (χ0) is 52.3. The number of carbonyl (C=O) groups is 1. The molecule has 0 aliphatic carbocycles. The van der Waals surface area contributed by atoms with Crippen molar-refractivity contribution in [2.75, 3.05) is 33.0 Å². The van der Waals surface area contributed by atoms with E-state index in [0.29, 0.717) is 13.0 Å². The van der Waals surface area contributed by atoms with Gasteiger partial charge in [-0.2, -0.15) is 0 Å². The van der Waals surface area contributed by atoms with Gasteiger partial charge in [0.2, 0.25) is 0 Å². The van der Waals surface area contributed by atoms with Crippen LogP contribution in [0.25, 0.3) is 0 Å². The Morgan fingerprint density at radius 3 is 1.42 bits per heavy atom. The van der Waals surface area contributed by atoms with Crippen LogP contribution in [0.4, 0.5) is 0 Å². The smallest absolute Gasteiger partial charge is 0.306 e. The molecule has 0 amide bonds. The van der Waals surface area contributed by atoms with Crippen molar-refractivity contribution in [3.8, 4) is 0 Å². The molecule has 2 aliphatic heterocycles. The number of ether oxygens (including phenoxy) is 6. The van der Waals surface area contributed by atoms with Gasteiger partial charge in [-0.25, -0.2) is 0 Å². The molecule has 0 aromatic carbocycles. The monoisotopic (exact) mass is 1030 g/mol. The fourth-order valence-electron chi connectivity index (χ4n) is 9.24. The van der Waals surface area contributed by atoms with Gasteiger partial charge in [-0.15, -0.1) is 0 Å². The minimum Gasteiger partial charge on any atom is -0.457 e. The van der Waals surface area contributed by atoms with E-state index >= 15 is 0 Å². The number of rotatable bonds is 47. The van der Waals surface area contributed by atoms with Crippen molar-refractivity contribution < 1.29 is 69.0 Å². The maximum absolute atomic E-state index is 13.0. The largest absolute Gasteiger partial charge is 0.457 e. The van der Waals surface area contributed by atoms with Crippen LogP contribution >= 0.6 is 0 Å². The van der Waals surface area contributed by atoms with Gasteiger partial charge in [0.15, 0.2) is 12.6 Å². The van der Waals surface area contributed by atoms with Crippen LogP contribution in [-0.4, -0.2) is 142 Å². The summed E-state index contributed by atoms with van der Waals surface area (Å²) in [4.78, 5) is 13.0. The average molecular weight is 1030 g/mol. The molecule has 2 saturated heterocycles. The summed E-state index contributed by atoms with van der Waals surface area (Å²) in [5.74, 6) is -0.390. The van der Waals surface area contributed by atoms with Crippen LogP contribution in [0.15, 0.2) is 36.5 Å². The first-order valence-electron chi connectivity index (χ1n) is 29.1. The van der Waals surface area contributed by atoms with Crippen molar-refractivity contribution in [1.82, 2.24) is 0 Å². The quantitative estimate of drug-likeness (QED) is 0.0172. The van der Waals surface area contributed by atoms with Crippen molar-refractivity contribution in [3.63, 3.8) is 0 Å². The predicted octanol–water partition coefficient (Wildman–Crippen LogP) is 10.1. The summed E-state index contributed by atoms with van der Waals surface area (Å²) in [6.07, 6.45) is 36.4. The molecule has 2 aliphatic rings. The van der Waals surface area contributed by atoms with E-state index in [2.05, 4.69) is 50.3 Å². The molecule has 2 rings (SSSR count). The summed E-state index contributed by atoms with van der Waals surface area (Å²) in [5, 5.41) is 72.3. The Labute approximate surface area is 436 Å². The minimum atomic E-state index is -1.71. The number of aliphatic hydroxyl groups excluding tert-OH is 7. The second-order valence-electron chi connectivity index (χ2n) is 20.4. The van der Waals surface area contributed by atoms with Crippen molar-refractivity contribution in [2.45, 2.75) is 293 Å². The molecule has 7 N–H and O–H groups in total. The second-order valence-corrected chi connectivity index (χ2v) is 20.4. The number of unbranched alkanes of at least 4 members (excludes halogenated alkanes) is 27. The fraction of sp³-hybridized carbons (Fsp3) is 0.879. The van der Waals surface area contributed by atoms with Gasteiger partial charge in [-0.05, 0) is 44.9 Å². The molecule has 0 bridgehead atoms. The summed E-state index contributed by atoms with van der Waals surface area (Å²) in [6.45, 7) is 3.59. The molecule has 14 heteroatoms. The Morgan fingerprint density at radius 1 is 0.472 bits per heavy atom. The lowest BCUT2D eigenvalue weighted by atomic mass is 9.98. The van der Waals surface area contributed by atoms with Gasteiger partial charge in [0.05, 0.1) is 26.4 Å². The highest BCUT2D eigenvalue weighted by molar-refractivity contribution is 5.69. The Bertz CT molecular complexity index is 1330. The highest BCUT2D eigenvalue weighted by Crippen LogP contribution is 2.27. The Morgan fingerprint density at radius 2 is 0.903 bits per heavy atom. The predicted molar refractivity (Wildman–Crippen MR) is 284 cm³/mol. The molecule has 11 unspecified atom stereocenters. The second kappa shape index (κ2) is 45.4. The summed E-state index contributed by atoms with van der Waals surface area (Å²) in [6, 6.07) is 0. The van der Waals surface area contributed by atoms with Crippen LogP contribution in [0.2, 0.25) is 0 Å². The maximum Gasteiger partial charge on any atom is 0.306 e. The third kappa shape index (κ3) is 31.9. The van der Waals surface area contributed by atoms with Crippen LogP contribution < -0.4 is 0 Å². The number of hydrogen-bond donors (Lipinski definition) is 7. The third-order valence-corrected chi connectivity index (χ3v) is 13.9. The fourth-order valence-corrected chi connectivity index (χ4v) is 9.24. The molecular formula is C58H106O14. The standard InChI is InChI=1S/C58H106O14/c1-3-5-7-9-11-13-15-17-19-20-21-22-23-24-25-26-28-30-32-34-36-38-40-42-67-44-47(70-50(60)41-39-37-35-33-31-29-27-18-16-14-12-10-8-6-4-2)45-68-57-56(66)54(64)52(62)49(72-57)46-69-58-55(65)53(63)51(61)48(43-59)71-58/h6,8,12,14,18,27,47-49,51-59,61-66H,3-5,7,9-11,13,15-17,19-26,28-46H2,1-2H3/b8-6-,14-12-,27-18-. The highest BCUT2D eigenvalue weighted by atomic mass is 16.7. The van der Waals surface area contributed by atoms with E-state index in [1.807, 2.05) is 0 Å². The lowest BCUT2D eigenvalue weighted by molar-refractivity contribution is -0.332. The summed E-state index contributed by atoms with van der Waals surface area (Å²) >= 11 is 0. The van der Waals surface area contributed by atoms with E-state index in [4.69, 9.17) is 28.4 Å². The third-order valence-electron chi connectivity index (χ3n) is 13.9. The van der Waals surface area contributed by atoms with Crippen molar-refractivity contribution in [3.05, 3.63) is 36.5 Å². The first-order chi connectivity index (χ1) is 35.1. The highest BCUT2D eigenvalue weighted by Gasteiger charge is 2.47. The summed E-state index contributed by atoms with van der Waals surface area (Å²) in [7, 11) is 0. The summed E-state index contributed by atoms with van der Waals surface area (Å²) in [5.41, 5.74) is 0. The Balaban J connectivity index is 1.69. The molecule has 0 aromatic rings. The van der Waals surface area contributed by atoms with Crippen LogP contribution in [0, 0.1) is 0 Å². The van der Waals surface area contributed by atoms with E-state index in [1.54, 1.807) is 0 Å². The van der Waals surface area contributed by atoms with Crippen LogP contribution in [-0.2, 0) is 33.2 Å². The lowest BCUT2D eigenvalue weighted by Gasteiger charge is -2.42.